The molecule has 0 saturated carbocycles. The number of carbonyl (C=O) groups is 1. The van der Waals surface area contributed by atoms with E-state index in [4.69, 9.17) is 4.52 Å². The minimum Gasteiger partial charge on any atom is -0.360 e. The van der Waals surface area contributed by atoms with E-state index in [9.17, 15) is 18.0 Å². The van der Waals surface area contributed by atoms with E-state index >= 15 is 0 Å². The number of fused-ring (bicyclic) bond motifs is 1. The minimum absolute atomic E-state index is 0.0140. The van der Waals surface area contributed by atoms with Crippen molar-refractivity contribution in [1.82, 2.24) is 19.1 Å². The standard InChI is InChI=1S/C18H21N5O5S2/c1-10-15(11(2)28-21-10)30(26,27)22-7-4-5-13(9-22)16(24)20-23-12(3)19-17-14(18(23)25)6-8-29-17/h6,8,13H,4-5,7,9H2,1-3H3,(H,20,24). The lowest BCUT2D eigenvalue weighted by Crippen LogP contribution is -2.46. The van der Waals surface area contributed by atoms with Gasteiger partial charge in [-0.3, -0.25) is 15.0 Å². The van der Waals surface area contributed by atoms with Crippen LogP contribution < -0.4 is 11.0 Å². The van der Waals surface area contributed by atoms with Crippen molar-refractivity contribution in [3.05, 3.63) is 39.1 Å². The van der Waals surface area contributed by atoms with Gasteiger partial charge in [0.25, 0.3) is 5.56 Å². The Labute approximate surface area is 176 Å². The van der Waals surface area contributed by atoms with Crippen LogP contribution in [0.4, 0.5) is 0 Å². The van der Waals surface area contributed by atoms with Gasteiger partial charge < -0.3 is 4.52 Å². The summed E-state index contributed by atoms with van der Waals surface area (Å²) in [6.45, 7) is 5.07. The molecule has 160 valence electrons. The first-order chi connectivity index (χ1) is 14.2. The van der Waals surface area contributed by atoms with E-state index < -0.39 is 21.8 Å². The summed E-state index contributed by atoms with van der Waals surface area (Å²) in [5.74, 6) is -0.440. The zero-order valence-corrected chi connectivity index (χ0v) is 18.3. The van der Waals surface area contributed by atoms with Crippen LogP contribution in [0.1, 0.15) is 30.1 Å². The molecule has 1 atom stereocenters. The van der Waals surface area contributed by atoms with Crippen LogP contribution in [0.2, 0.25) is 0 Å². The first kappa shape index (κ1) is 20.7. The number of carbonyl (C=O) groups excluding carboxylic acids is 1. The van der Waals surface area contributed by atoms with E-state index in [0.717, 1.165) is 4.68 Å². The van der Waals surface area contributed by atoms with Crippen molar-refractivity contribution >= 4 is 37.5 Å². The molecule has 0 aliphatic carbocycles. The van der Waals surface area contributed by atoms with Crippen LogP contribution in [-0.4, -0.2) is 46.5 Å². The Morgan fingerprint density at radius 2 is 2.10 bits per heavy atom. The third-order valence-electron chi connectivity index (χ3n) is 5.21. The summed E-state index contributed by atoms with van der Waals surface area (Å²) >= 11 is 1.35. The third kappa shape index (κ3) is 3.44. The van der Waals surface area contributed by atoms with E-state index in [-0.39, 0.29) is 28.5 Å². The number of sulfonamides is 1. The molecule has 0 spiro atoms. The molecule has 30 heavy (non-hydrogen) atoms. The normalized spacial score (nSPS) is 18.0. The first-order valence-electron chi connectivity index (χ1n) is 9.41. The van der Waals surface area contributed by atoms with Crippen LogP contribution in [-0.2, 0) is 14.8 Å². The van der Waals surface area contributed by atoms with Gasteiger partial charge in [0, 0.05) is 13.1 Å². The van der Waals surface area contributed by atoms with E-state index in [2.05, 4.69) is 15.6 Å². The van der Waals surface area contributed by atoms with Crippen molar-refractivity contribution < 1.29 is 17.7 Å². The van der Waals surface area contributed by atoms with Gasteiger partial charge in [-0.05, 0) is 45.1 Å². The maximum atomic E-state index is 13.1. The Morgan fingerprint density at radius 1 is 1.33 bits per heavy atom. The van der Waals surface area contributed by atoms with Gasteiger partial charge in [0.15, 0.2) is 5.76 Å². The summed E-state index contributed by atoms with van der Waals surface area (Å²) in [5.41, 5.74) is 2.54. The fourth-order valence-corrected chi connectivity index (χ4v) is 6.31. The van der Waals surface area contributed by atoms with E-state index in [1.54, 1.807) is 32.2 Å². The van der Waals surface area contributed by atoms with Crippen molar-refractivity contribution in [3.63, 3.8) is 0 Å². The van der Waals surface area contributed by atoms with Crippen molar-refractivity contribution in [3.8, 4) is 0 Å². The summed E-state index contributed by atoms with van der Waals surface area (Å²) in [6, 6.07) is 1.66. The highest BCUT2D eigenvalue weighted by Gasteiger charge is 2.36. The molecular formula is C18H21N5O5S2. The number of aromatic nitrogens is 3. The summed E-state index contributed by atoms with van der Waals surface area (Å²) in [7, 11) is -3.84. The van der Waals surface area contributed by atoms with Crippen molar-refractivity contribution in [2.45, 2.75) is 38.5 Å². The van der Waals surface area contributed by atoms with E-state index in [1.807, 2.05) is 0 Å². The lowest BCUT2D eigenvalue weighted by atomic mass is 9.99. The van der Waals surface area contributed by atoms with Gasteiger partial charge in [-0.2, -0.15) is 4.31 Å². The maximum Gasteiger partial charge on any atom is 0.281 e. The fourth-order valence-electron chi connectivity index (χ4n) is 3.69. The lowest BCUT2D eigenvalue weighted by Gasteiger charge is -2.31. The van der Waals surface area contributed by atoms with Crippen LogP contribution in [0.3, 0.4) is 0 Å². The Bertz CT molecular complexity index is 1270. The minimum atomic E-state index is -3.84. The van der Waals surface area contributed by atoms with Crippen LogP contribution in [0.15, 0.2) is 25.7 Å². The Hall–Kier alpha value is -2.57. The maximum absolute atomic E-state index is 13.1. The topological polar surface area (TPSA) is 127 Å². The second-order valence-corrected chi connectivity index (χ2v) is 10.0. The molecule has 3 aromatic rings. The molecule has 4 rings (SSSR count). The van der Waals surface area contributed by atoms with Gasteiger partial charge in [-0.15, -0.1) is 11.3 Å². The number of hydrogen-bond donors (Lipinski definition) is 1. The van der Waals surface area contributed by atoms with Gasteiger partial charge in [0.2, 0.25) is 15.9 Å². The Balaban J connectivity index is 1.57. The van der Waals surface area contributed by atoms with Gasteiger partial charge in [-0.1, -0.05) is 5.16 Å². The second-order valence-electron chi connectivity index (χ2n) is 7.27. The summed E-state index contributed by atoms with van der Waals surface area (Å²) in [6.07, 6.45) is 1.04. The highest BCUT2D eigenvalue weighted by molar-refractivity contribution is 7.89. The molecule has 1 N–H and O–H groups in total. The third-order valence-corrected chi connectivity index (χ3v) is 8.12. The largest absolute Gasteiger partial charge is 0.360 e. The molecule has 1 unspecified atom stereocenters. The number of aryl methyl sites for hydroxylation is 3. The monoisotopic (exact) mass is 451 g/mol. The number of piperidine rings is 1. The van der Waals surface area contributed by atoms with Crippen molar-refractivity contribution in [2.75, 3.05) is 18.5 Å². The molecule has 1 saturated heterocycles. The predicted molar refractivity (Wildman–Crippen MR) is 110 cm³/mol. The quantitative estimate of drug-likeness (QED) is 0.637. The SMILES string of the molecule is Cc1noc(C)c1S(=O)(=O)N1CCCC(C(=O)Nn2c(C)nc3sccc3c2=O)C1. The number of rotatable bonds is 4. The summed E-state index contributed by atoms with van der Waals surface area (Å²) < 4.78 is 33.5. The van der Waals surface area contributed by atoms with Gasteiger partial charge in [-0.25, -0.2) is 18.1 Å². The molecule has 10 nitrogen and oxygen atoms in total. The molecule has 0 bridgehead atoms. The zero-order valence-electron chi connectivity index (χ0n) is 16.7. The lowest BCUT2D eigenvalue weighted by molar-refractivity contribution is -0.121. The number of amides is 1. The fraction of sp³-hybridized carbons (Fsp3) is 0.444. The van der Waals surface area contributed by atoms with E-state index in [1.165, 1.54) is 15.6 Å². The molecule has 3 aromatic heterocycles. The number of nitrogens with one attached hydrogen (secondary N) is 1. The molecule has 0 radical (unpaired) electrons. The molecule has 1 aliphatic heterocycles. The molecule has 4 heterocycles. The highest BCUT2D eigenvalue weighted by atomic mass is 32.2. The average Bonchev–Trinajstić information content (AvgIpc) is 3.31. The van der Waals surface area contributed by atoms with Crippen LogP contribution in [0.5, 0.6) is 0 Å². The molecule has 1 aliphatic rings. The summed E-state index contributed by atoms with van der Waals surface area (Å²) in [4.78, 5) is 30.6. The highest BCUT2D eigenvalue weighted by Crippen LogP contribution is 2.28. The summed E-state index contributed by atoms with van der Waals surface area (Å²) in [5, 5.41) is 5.92. The number of hydrogen-bond acceptors (Lipinski definition) is 8. The predicted octanol–water partition coefficient (Wildman–Crippen LogP) is 1.54. The smallest absolute Gasteiger partial charge is 0.281 e. The van der Waals surface area contributed by atoms with Crippen LogP contribution in [0.25, 0.3) is 10.2 Å². The first-order valence-corrected chi connectivity index (χ1v) is 11.7. The van der Waals surface area contributed by atoms with Crippen LogP contribution in [0, 0.1) is 26.7 Å². The molecule has 0 aromatic carbocycles. The number of nitrogens with zero attached hydrogens (tertiary/aromatic N) is 4. The second kappa shape index (κ2) is 7.60. The zero-order chi connectivity index (χ0) is 21.6. The Kier molecular flexibility index (Phi) is 5.24. The van der Waals surface area contributed by atoms with Crippen molar-refractivity contribution in [1.29, 1.82) is 0 Å². The van der Waals surface area contributed by atoms with Gasteiger partial charge >= 0.3 is 0 Å². The molecule has 12 heteroatoms. The van der Waals surface area contributed by atoms with Crippen molar-refractivity contribution in [2.24, 2.45) is 5.92 Å². The molecule has 1 fully saturated rings. The van der Waals surface area contributed by atoms with Gasteiger partial charge in [0.05, 0.1) is 11.3 Å². The van der Waals surface area contributed by atoms with Gasteiger partial charge in [0.1, 0.15) is 21.2 Å². The Morgan fingerprint density at radius 3 is 2.80 bits per heavy atom. The molecular weight excluding hydrogens is 430 g/mol. The van der Waals surface area contributed by atoms with Crippen LogP contribution >= 0.6 is 11.3 Å². The van der Waals surface area contributed by atoms with E-state index in [0.29, 0.717) is 35.4 Å². The number of thiophene rings is 1. The average molecular weight is 452 g/mol. The molecule has 1 amide bonds.